The Morgan fingerprint density at radius 1 is 1.00 bits per heavy atom. The van der Waals surface area contributed by atoms with Gasteiger partial charge in [-0.2, -0.15) is 31.4 Å². The predicted octanol–water partition coefficient (Wildman–Crippen LogP) is 4.91. The van der Waals surface area contributed by atoms with Crippen molar-refractivity contribution < 1.29 is 40.2 Å². The highest BCUT2D eigenvalue weighted by Gasteiger charge is 2.38. The van der Waals surface area contributed by atoms with E-state index in [1.54, 1.807) is 36.1 Å². The lowest BCUT2D eigenvalue weighted by Gasteiger charge is -2.30. The lowest BCUT2D eigenvalue weighted by atomic mass is 9.97. The molecule has 0 aliphatic carbocycles. The molecule has 47 heavy (non-hydrogen) atoms. The molecule has 18 heteroatoms. The van der Waals surface area contributed by atoms with E-state index >= 15 is 0 Å². The van der Waals surface area contributed by atoms with Crippen molar-refractivity contribution >= 4 is 11.6 Å². The van der Waals surface area contributed by atoms with Gasteiger partial charge < -0.3 is 24.1 Å². The van der Waals surface area contributed by atoms with E-state index in [9.17, 15) is 31.1 Å². The number of benzene rings is 1. The van der Waals surface area contributed by atoms with Crippen LogP contribution >= 0.6 is 0 Å². The number of halogens is 6. The summed E-state index contributed by atoms with van der Waals surface area (Å²) in [4.78, 5) is 22.3. The Kier molecular flexibility index (Phi) is 9.97. The van der Waals surface area contributed by atoms with E-state index in [0.717, 1.165) is 23.3 Å². The maximum atomic E-state index is 14.0. The molecular weight excluding hydrogens is 638 g/mol. The fourth-order valence-corrected chi connectivity index (χ4v) is 4.97. The third kappa shape index (κ3) is 8.35. The molecule has 252 valence electrons. The van der Waals surface area contributed by atoms with E-state index in [-0.39, 0.29) is 37.5 Å². The number of alkyl halides is 6. The van der Waals surface area contributed by atoms with Gasteiger partial charge in [0.05, 0.1) is 37.7 Å². The topological polar surface area (TPSA) is 133 Å². The number of piperidine rings is 1. The van der Waals surface area contributed by atoms with E-state index < -0.39 is 40.8 Å². The first kappa shape index (κ1) is 33.6. The highest BCUT2D eigenvalue weighted by Crippen LogP contribution is 2.33. The molecule has 1 aromatic carbocycles. The van der Waals surface area contributed by atoms with Crippen LogP contribution in [0.3, 0.4) is 0 Å². The summed E-state index contributed by atoms with van der Waals surface area (Å²) in [7, 11) is 1.48. The molecule has 1 unspecified atom stereocenters. The summed E-state index contributed by atoms with van der Waals surface area (Å²) in [5, 5.41) is 14.6. The number of aromatic nitrogens is 6. The minimum Gasteiger partial charge on any atom is -0.497 e. The van der Waals surface area contributed by atoms with E-state index in [2.05, 4.69) is 30.6 Å². The second-order valence-electron chi connectivity index (χ2n) is 10.9. The Labute approximate surface area is 263 Å². The lowest BCUT2D eigenvalue weighted by molar-refractivity contribution is -0.139. The van der Waals surface area contributed by atoms with E-state index in [1.165, 1.54) is 7.11 Å². The Bertz CT molecular complexity index is 1690. The van der Waals surface area contributed by atoms with Crippen LogP contribution in [0.5, 0.6) is 5.75 Å². The molecule has 0 bridgehead atoms. The molecule has 4 heterocycles. The average Bonchev–Trinajstić information content (AvgIpc) is 3.51. The zero-order valence-electron chi connectivity index (χ0n) is 25.2. The van der Waals surface area contributed by atoms with Crippen LogP contribution in [0.1, 0.15) is 54.2 Å². The Morgan fingerprint density at radius 3 is 2.30 bits per heavy atom. The first-order valence-electron chi connectivity index (χ1n) is 14.4. The average molecular weight is 669 g/mol. The number of ether oxygens (including phenoxy) is 2. The van der Waals surface area contributed by atoms with Gasteiger partial charge >= 0.3 is 12.4 Å². The molecule has 0 amide bonds. The third-order valence-electron chi connectivity index (χ3n) is 7.39. The van der Waals surface area contributed by atoms with Gasteiger partial charge in [0, 0.05) is 37.4 Å². The van der Waals surface area contributed by atoms with Crippen LogP contribution < -0.4 is 20.5 Å². The summed E-state index contributed by atoms with van der Waals surface area (Å²) in [6.07, 6.45) is -5.84. The van der Waals surface area contributed by atoms with Gasteiger partial charge in [-0.05, 0) is 37.5 Å². The molecule has 0 spiro atoms. The summed E-state index contributed by atoms with van der Waals surface area (Å²) in [6.45, 7) is 2.18. The lowest BCUT2D eigenvalue weighted by Crippen LogP contribution is -2.34. The number of nitrogens with one attached hydrogen (secondary N) is 1. The molecule has 1 fully saturated rings. The summed E-state index contributed by atoms with van der Waals surface area (Å²) in [5.41, 5.74) is -3.49. The van der Waals surface area contributed by atoms with Crippen LogP contribution in [0.4, 0.5) is 38.0 Å². The van der Waals surface area contributed by atoms with Gasteiger partial charge in [-0.1, -0.05) is 12.1 Å². The third-order valence-corrected chi connectivity index (χ3v) is 7.39. The molecule has 4 aromatic rings. The van der Waals surface area contributed by atoms with Crippen molar-refractivity contribution in [1.29, 1.82) is 0 Å². The minimum absolute atomic E-state index is 0.0601. The smallest absolute Gasteiger partial charge is 0.423 e. The van der Waals surface area contributed by atoms with Crippen molar-refractivity contribution in [2.24, 2.45) is 0 Å². The monoisotopic (exact) mass is 668 g/mol. The van der Waals surface area contributed by atoms with E-state index in [0.29, 0.717) is 43.1 Å². The molecule has 1 aliphatic rings. The van der Waals surface area contributed by atoms with Crippen LogP contribution in [0.15, 0.2) is 52.1 Å². The Balaban J connectivity index is 1.12. The van der Waals surface area contributed by atoms with Gasteiger partial charge in [0.15, 0.2) is 0 Å². The summed E-state index contributed by atoms with van der Waals surface area (Å²) < 4.78 is 97.3. The van der Waals surface area contributed by atoms with Crippen molar-refractivity contribution in [3.8, 4) is 5.75 Å². The van der Waals surface area contributed by atoms with Gasteiger partial charge in [-0.25, -0.2) is 14.6 Å². The normalized spacial score (nSPS) is 15.1. The van der Waals surface area contributed by atoms with Gasteiger partial charge in [-0.15, -0.1) is 10.2 Å². The van der Waals surface area contributed by atoms with Crippen LogP contribution in [0.2, 0.25) is 0 Å². The molecule has 0 saturated carbocycles. The van der Waals surface area contributed by atoms with Crippen LogP contribution in [-0.2, 0) is 30.2 Å². The molecular formula is C29H30F6N8O4. The predicted molar refractivity (Wildman–Crippen MR) is 154 cm³/mol. The van der Waals surface area contributed by atoms with Gasteiger partial charge in [0.1, 0.15) is 17.9 Å². The molecule has 1 saturated heterocycles. The molecule has 0 radical (unpaired) electrons. The van der Waals surface area contributed by atoms with Crippen molar-refractivity contribution in [2.75, 3.05) is 37.0 Å². The first-order valence-corrected chi connectivity index (χ1v) is 14.4. The van der Waals surface area contributed by atoms with Crippen LogP contribution in [-0.4, -0.2) is 62.8 Å². The zero-order chi connectivity index (χ0) is 33.8. The standard InChI is InChI=1S/C29H30F6N8O4/c1-17(39-22-13-38-43(26(44)24(22)29(33,34)35)14-18-3-5-21(45-2)6-4-18)15-46-16-23-40-41-25(47-23)19-7-9-42(10-8-19)27-36-11-20(12-37-27)28(30,31)32/h3-6,11-13,17,19,39H,7-10,14-16H2,1-2H3. The van der Waals surface area contributed by atoms with Crippen molar-refractivity contribution in [1.82, 2.24) is 29.9 Å². The number of rotatable bonds is 11. The number of hydrogen-bond donors (Lipinski definition) is 1. The van der Waals surface area contributed by atoms with Crippen molar-refractivity contribution in [3.05, 3.63) is 81.7 Å². The highest BCUT2D eigenvalue weighted by atomic mass is 19.4. The molecule has 3 aromatic heterocycles. The fourth-order valence-electron chi connectivity index (χ4n) is 4.97. The Morgan fingerprint density at radius 2 is 1.68 bits per heavy atom. The summed E-state index contributed by atoms with van der Waals surface area (Å²) in [5.74, 6) is 1.21. The second kappa shape index (κ2) is 13.9. The molecule has 1 atom stereocenters. The van der Waals surface area contributed by atoms with Crippen molar-refractivity contribution in [2.45, 2.75) is 57.2 Å². The molecule has 1 N–H and O–H groups in total. The quantitative estimate of drug-likeness (QED) is 0.219. The number of anilines is 2. The van der Waals surface area contributed by atoms with Crippen LogP contribution in [0, 0.1) is 0 Å². The first-order chi connectivity index (χ1) is 22.3. The summed E-state index contributed by atoms with van der Waals surface area (Å²) >= 11 is 0. The Hall–Kier alpha value is -4.74. The van der Waals surface area contributed by atoms with Gasteiger partial charge in [-0.3, -0.25) is 4.79 Å². The van der Waals surface area contributed by atoms with Gasteiger partial charge in [0.2, 0.25) is 17.7 Å². The highest BCUT2D eigenvalue weighted by molar-refractivity contribution is 5.50. The van der Waals surface area contributed by atoms with Crippen LogP contribution in [0.25, 0.3) is 0 Å². The van der Waals surface area contributed by atoms with E-state index in [1.807, 2.05) is 0 Å². The van der Waals surface area contributed by atoms with E-state index in [4.69, 9.17) is 13.9 Å². The summed E-state index contributed by atoms with van der Waals surface area (Å²) in [6, 6.07) is 5.86. The largest absolute Gasteiger partial charge is 0.497 e. The molecule has 5 rings (SSSR count). The minimum atomic E-state index is -4.94. The fraction of sp³-hybridized carbons (Fsp3) is 0.448. The number of nitrogens with zero attached hydrogens (tertiary/aromatic N) is 7. The molecule has 1 aliphatic heterocycles. The van der Waals surface area contributed by atoms with Crippen molar-refractivity contribution in [3.63, 3.8) is 0 Å². The molecule has 12 nitrogen and oxygen atoms in total. The second-order valence-corrected chi connectivity index (χ2v) is 10.9. The maximum Gasteiger partial charge on any atom is 0.423 e. The van der Waals surface area contributed by atoms with Gasteiger partial charge in [0.25, 0.3) is 5.56 Å². The number of methoxy groups -OCH3 is 1. The number of hydrogen-bond acceptors (Lipinski definition) is 11. The zero-order valence-corrected chi connectivity index (χ0v) is 25.2. The SMILES string of the molecule is COc1ccc(Cn2ncc(NC(C)COCc3nnc(C4CCN(c5ncc(C(F)(F)F)cn5)CC4)o3)c(C(F)(F)F)c2=O)cc1. The maximum absolute atomic E-state index is 14.0.